The average molecular weight is 390 g/mol. The number of amidine groups is 1. The molecule has 3 aliphatic heterocycles. The van der Waals surface area contributed by atoms with E-state index in [0.29, 0.717) is 24.5 Å². The third kappa shape index (κ3) is 3.98. The van der Waals surface area contributed by atoms with E-state index in [1.807, 2.05) is 12.1 Å². The Morgan fingerprint density at radius 2 is 2.07 bits per heavy atom. The van der Waals surface area contributed by atoms with E-state index in [2.05, 4.69) is 14.6 Å². The summed E-state index contributed by atoms with van der Waals surface area (Å²) in [7, 11) is -3.40. The average Bonchev–Trinajstić information content (AvgIpc) is 3.35. The molecule has 0 aromatic carbocycles. The maximum atomic E-state index is 12.6. The van der Waals surface area contributed by atoms with E-state index in [9.17, 15) is 13.2 Å². The van der Waals surface area contributed by atoms with Crippen LogP contribution in [-0.4, -0.2) is 61.9 Å². The minimum atomic E-state index is -3.40. The molecule has 0 saturated carbocycles. The summed E-state index contributed by atoms with van der Waals surface area (Å²) in [6.45, 7) is 2.73. The summed E-state index contributed by atoms with van der Waals surface area (Å²) < 4.78 is 32.4. The second-order valence-electron chi connectivity index (χ2n) is 6.83. The first-order valence-corrected chi connectivity index (χ1v) is 10.7. The molecule has 4 rings (SSSR count). The maximum absolute atomic E-state index is 12.6. The molecular formula is C18H22N4O4S. The predicted molar refractivity (Wildman–Crippen MR) is 100 cm³/mol. The van der Waals surface area contributed by atoms with Crippen LogP contribution >= 0.6 is 0 Å². The van der Waals surface area contributed by atoms with Crippen molar-refractivity contribution in [1.29, 1.82) is 0 Å². The van der Waals surface area contributed by atoms with Crippen molar-refractivity contribution in [2.75, 3.05) is 31.9 Å². The minimum absolute atomic E-state index is 0.0110. The smallest absolute Gasteiger partial charge is 0.256 e. The lowest BCUT2D eigenvalue weighted by Gasteiger charge is -2.28. The van der Waals surface area contributed by atoms with Gasteiger partial charge in [-0.3, -0.25) is 9.69 Å². The monoisotopic (exact) mass is 390 g/mol. The third-order valence-corrected chi connectivity index (χ3v) is 6.16. The van der Waals surface area contributed by atoms with Crippen LogP contribution in [0.1, 0.15) is 24.6 Å². The number of hydrogen-bond donors (Lipinski definition) is 1. The van der Waals surface area contributed by atoms with E-state index >= 15 is 0 Å². The minimum Gasteiger partial charge on any atom is -0.468 e. The molecule has 27 heavy (non-hydrogen) atoms. The van der Waals surface area contributed by atoms with Crippen LogP contribution in [0.25, 0.3) is 0 Å². The van der Waals surface area contributed by atoms with E-state index in [1.165, 1.54) is 0 Å². The topological polar surface area (TPSA) is 95.2 Å². The summed E-state index contributed by atoms with van der Waals surface area (Å²) in [6, 6.07) is 3.81. The van der Waals surface area contributed by atoms with Crippen molar-refractivity contribution >= 4 is 21.8 Å². The molecular weight excluding hydrogens is 368 g/mol. The lowest BCUT2D eigenvalue weighted by molar-refractivity contribution is -0.117. The molecule has 144 valence electrons. The summed E-state index contributed by atoms with van der Waals surface area (Å²) in [4.78, 5) is 16.6. The van der Waals surface area contributed by atoms with Gasteiger partial charge in [0, 0.05) is 19.3 Å². The van der Waals surface area contributed by atoms with Crippen LogP contribution in [0.3, 0.4) is 0 Å². The highest BCUT2D eigenvalue weighted by molar-refractivity contribution is 7.90. The zero-order valence-electron chi connectivity index (χ0n) is 14.9. The maximum Gasteiger partial charge on any atom is 0.256 e. The van der Waals surface area contributed by atoms with E-state index in [0.717, 1.165) is 31.7 Å². The SMILES string of the molecule is O=C(NC[C@@H](c1ccco1)N1CCCC1)C1=CN2CCS(=O)(=O)N=C2C=C1. The Morgan fingerprint density at radius 1 is 1.26 bits per heavy atom. The van der Waals surface area contributed by atoms with Crippen molar-refractivity contribution < 1.29 is 17.6 Å². The van der Waals surface area contributed by atoms with Gasteiger partial charge in [-0.05, 0) is 50.2 Å². The molecule has 9 heteroatoms. The number of sulfonamides is 1. The number of likely N-dealkylation sites (tertiary alicyclic amines) is 1. The Hall–Kier alpha value is -2.39. The molecule has 4 heterocycles. The van der Waals surface area contributed by atoms with Crippen LogP contribution < -0.4 is 5.32 Å². The molecule has 1 aromatic rings. The molecule has 1 fully saturated rings. The first-order valence-electron chi connectivity index (χ1n) is 9.07. The number of nitrogens with zero attached hydrogens (tertiary/aromatic N) is 3. The van der Waals surface area contributed by atoms with Crippen LogP contribution in [-0.2, 0) is 14.8 Å². The molecule has 3 aliphatic rings. The summed E-state index contributed by atoms with van der Waals surface area (Å²) in [5.74, 6) is 0.949. The van der Waals surface area contributed by atoms with E-state index in [4.69, 9.17) is 4.42 Å². The molecule has 0 aliphatic carbocycles. The number of nitrogens with one attached hydrogen (secondary N) is 1. The summed E-state index contributed by atoms with van der Waals surface area (Å²) in [6.07, 6.45) is 8.77. The molecule has 1 saturated heterocycles. The first kappa shape index (κ1) is 18.0. The van der Waals surface area contributed by atoms with Gasteiger partial charge in [-0.15, -0.1) is 4.40 Å². The lowest BCUT2D eigenvalue weighted by Crippen LogP contribution is -2.40. The van der Waals surface area contributed by atoms with Crippen molar-refractivity contribution in [2.45, 2.75) is 18.9 Å². The van der Waals surface area contributed by atoms with Gasteiger partial charge in [0.1, 0.15) is 11.6 Å². The number of amides is 1. The van der Waals surface area contributed by atoms with Crippen LogP contribution in [0.15, 0.2) is 51.1 Å². The quantitative estimate of drug-likeness (QED) is 0.807. The van der Waals surface area contributed by atoms with Crippen molar-refractivity contribution in [3.63, 3.8) is 0 Å². The highest BCUT2D eigenvalue weighted by atomic mass is 32.2. The largest absolute Gasteiger partial charge is 0.468 e. The van der Waals surface area contributed by atoms with E-state index in [1.54, 1.807) is 29.5 Å². The predicted octanol–water partition coefficient (Wildman–Crippen LogP) is 1.03. The first-order chi connectivity index (χ1) is 13.0. The van der Waals surface area contributed by atoms with Crippen molar-refractivity contribution in [3.8, 4) is 0 Å². The molecule has 8 nitrogen and oxygen atoms in total. The fraction of sp³-hybridized carbons (Fsp3) is 0.444. The van der Waals surface area contributed by atoms with Crippen molar-refractivity contribution in [1.82, 2.24) is 15.1 Å². The standard InChI is InChI=1S/C18H22N4O4S/c23-18(14-5-6-17-20-27(24,25)11-9-22(17)13-14)19-12-15(16-4-3-10-26-16)21-7-1-2-8-21/h3-6,10,13,15H,1-2,7-9,11-12H2,(H,19,23)/t15-/m0/s1. The summed E-state index contributed by atoms with van der Waals surface area (Å²) in [5.41, 5.74) is 0.480. The van der Waals surface area contributed by atoms with Crippen molar-refractivity contribution in [3.05, 3.63) is 48.1 Å². The molecule has 0 bridgehead atoms. The van der Waals surface area contributed by atoms with Gasteiger partial charge in [0.2, 0.25) is 0 Å². The molecule has 1 N–H and O–H groups in total. The van der Waals surface area contributed by atoms with Crippen LogP contribution in [0.4, 0.5) is 0 Å². The Balaban J connectivity index is 1.43. The number of fused-ring (bicyclic) bond motifs is 1. The Labute approximate surface area is 158 Å². The number of rotatable bonds is 5. The Kier molecular flexibility index (Phi) is 4.88. The van der Waals surface area contributed by atoms with Gasteiger partial charge < -0.3 is 14.6 Å². The van der Waals surface area contributed by atoms with E-state index < -0.39 is 10.0 Å². The Morgan fingerprint density at radius 3 is 2.81 bits per heavy atom. The van der Waals surface area contributed by atoms with Gasteiger partial charge >= 0.3 is 0 Å². The lowest BCUT2D eigenvalue weighted by atomic mass is 10.1. The highest BCUT2D eigenvalue weighted by Crippen LogP contribution is 2.25. The van der Waals surface area contributed by atoms with Crippen molar-refractivity contribution in [2.24, 2.45) is 4.40 Å². The number of furan rings is 1. The Bertz CT molecular complexity index is 896. The molecule has 0 radical (unpaired) electrons. The molecule has 1 amide bonds. The van der Waals surface area contributed by atoms with Gasteiger partial charge in [-0.25, -0.2) is 8.42 Å². The van der Waals surface area contributed by atoms with Crippen LogP contribution in [0, 0.1) is 0 Å². The van der Waals surface area contributed by atoms with Gasteiger partial charge in [-0.2, -0.15) is 0 Å². The second-order valence-corrected chi connectivity index (χ2v) is 8.59. The van der Waals surface area contributed by atoms with Gasteiger partial charge in [-0.1, -0.05) is 0 Å². The number of carbonyl (C=O) groups is 1. The molecule has 0 spiro atoms. The van der Waals surface area contributed by atoms with E-state index in [-0.39, 0.29) is 17.7 Å². The molecule has 0 unspecified atom stereocenters. The zero-order valence-corrected chi connectivity index (χ0v) is 15.7. The fourth-order valence-electron chi connectivity index (χ4n) is 3.57. The molecule has 1 aromatic heterocycles. The number of hydrogen-bond acceptors (Lipinski definition) is 6. The third-order valence-electron chi connectivity index (χ3n) is 5.00. The van der Waals surface area contributed by atoms with Crippen LogP contribution in [0.2, 0.25) is 0 Å². The molecule has 1 atom stereocenters. The normalized spacial score (nSPS) is 22.7. The van der Waals surface area contributed by atoms with Gasteiger partial charge in [0.25, 0.3) is 15.9 Å². The summed E-state index contributed by atoms with van der Waals surface area (Å²) in [5, 5.41) is 2.98. The fourth-order valence-corrected chi connectivity index (χ4v) is 4.54. The number of carbonyl (C=O) groups excluding carboxylic acids is 1. The van der Waals surface area contributed by atoms with Gasteiger partial charge in [0.05, 0.1) is 23.6 Å². The van der Waals surface area contributed by atoms with Gasteiger partial charge in [0.15, 0.2) is 0 Å². The second kappa shape index (κ2) is 7.32. The highest BCUT2D eigenvalue weighted by Gasteiger charge is 2.28. The zero-order chi connectivity index (χ0) is 18.9. The van der Waals surface area contributed by atoms with Crippen LogP contribution in [0.5, 0.6) is 0 Å². The summed E-state index contributed by atoms with van der Waals surface area (Å²) >= 11 is 0.